The number of alkyl halides is 2. The molecule has 24 heavy (non-hydrogen) atoms. The van der Waals surface area contributed by atoms with Gasteiger partial charge in [0, 0.05) is 24.2 Å². The third-order valence-corrected chi connectivity index (χ3v) is 4.16. The second-order valence-electron chi connectivity index (χ2n) is 5.68. The summed E-state index contributed by atoms with van der Waals surface area (Å²) >= 11 is 0. The zero-order chi connectivity index (χ0) is 17.3. The molecule has 0 saturated carbocycles. The summed E-state index contributed by atoms with van der Waals surface area (Å²) in [6, 6.07) is 12.9. The van der Waals surface area contributed by atoms with Crippen LogP contribution in [-0.2, 0) is 9.59 Å². The van der Waals surface area contributed by atoms with Crippen molar-refractivity contribution in [3.8, 4) is 11.1 Å². The molecule has 1 atom stereocenters. The molecule has 1 aliphatic heterocycles. The number of hydrogen-bond donors (Lipinski definition) is 1. The summed E-state index contributed by atoms with van der Waals surface area (Å²) in [6.45, 7) is 0.126. The second kappa shape index (κ2) is 6.39. The number of carbonyl (C=O) groups excluding carboxylic acids is 1. The zero-order valence-corrected chi connectivity index (χ0v) is 12.7. The number of hydrogen-bond acceptors (Lipinski definition) is 2. The maximum absolute atomic E-state index is 13.1. The van der Waals surface area contributed by atoms with Crippen LogP contribution in [0.15, 0.2) is 48.5 Å². The standard InChI is InChI=1S/C18H15F2NO3/c19-17(20)15-4-2-1-3-14(15)11-5-7-13(8-6-11)21-10-12(18(23)24)9-16(21)22/h1-8,12,17H,9-10H2,(H,23,24). The highest BCUT2D eigenvalue weighted by Gasteiger charge is 2.34. The first-order valence-electron chi connectivity index (χ1n) is 7.48. The van der Waals surface area contributed by atoms with Crippen LogP contribution in [-0.4, -0.2) is 23.5 Å². The van der Waals surface area contributed by atoms with Crippen LogP contribution in [0.25, 0.3) is 11.1 Å². The van der Waals surface area contributed by atoms with E-state index >= 15 is 0 Å². The van der Waals surface area contributed by atoms with E-state index in [0.717, 1.165) is 0 Å². The molecule has 6 heteroatoms. The SMILES string of the molecule is O=C(O)C1CC(=O)N(c2ccc(-c3ccccc3C(F)F)cc2)C1. The molecule has 1 heterocycles. The Balaban J connectivity index is 1.87. The third-order valence-electron chi connectivity index (χ3n) is 4.16. The molecule has 1 amide bonds. The molecule has 3 rings (SSSR count). The molecule has 0 aliphatic carbocycles. The maximum Gasteiger partial charge on any atom is 0.308 e. The largest absolute Gasteiger partial charge is 0.481 e. The molecule has 0 aromatic heterocycles. The predicted molar refractivity (Wildman–Crippen MR) is 84.9 cm³/mol. The number of carbonyl (C=O) groups is 2. The Morgan fingerprint density at radius 2 is 1.79 bits per heavy atom. The summed E-state index contributed by atoms with van der Waals surface area (Å²) < 4.78 is 26.2. The fourth-order valence-corrected chi connectivity index (χ4v) is 2.89. The molecule has 2 aromatic carbocycles. The van der Waals surface area contributed by atoms with E-state index in [9.17, 15) is 18.4 Å². The average Bonchev–Trinajstić information content (AvgIpc) is 2.97. The van der Waals surface area contributed by atoms with Crippen LogP contribution in [0, 0.1) is 5.92 Å². The van der Waals surface area contributed by atoms with E-state index in [-0.39, 0.29) is 24.4 Å². The molecule has 1 fully saturated rings. The Morgan fingerprint density at radius 3 is 2.38 bits per heavy atom. The van der Waals surface area contributed by atoms with Gasteiger partial charge in [-0.3, -0.25) is 9.59 Å². The molecule has 124 valence electrons. The Labute approximate surface area is 137 Å². The van der Waals surface area contributed by atoms with Crippen molar-refractivity contribution in [2.75, 3.05) is 11.4 Å². The number of nitrogens with zero attached hydrogens (tertiary/aromatic N) is 1. The Kier molecular flexibility index (Phi) is 4.29. The molecule has 0 radical (unpaired) electrons. The van der Waals surface area contributed by atoms with E-state index in [0.29, 0.717) is 16.8 Å². The van der Waals surface area contributed by atoms with Crippen LogP contribution in [0.1, 0.15) is 18.4 Å². The van der Waals surface area contributed by atoms with Gasteiger partial charge in [0.25, 0.3) is 6.43 Å². The van der Waals surface area contributed by atoms with E-state index in [1.54, 1.807) is 42.5 Å². The normalized spacial score (nSPS) is 17.5. The number of carboxylic acid groups (broad SMARTS) is 1. The summed E-state index contributed by atoms with van der Waals surface area (Å²) in [6.07, 6.45) is -2.59. The molecule has 1 saturated heterocycles. The second-order valence-corrected chi connectivity index (χ2v) is 5.68. The molecular weight excluding hydrogens is 316 g/mol. The molecule has 4 nitrogen and oxygen atoms in total. The quantitative estimate of drug-likeness (QED) is 0.929. The number of anilines is 1. The minimum absolute atomic E-state index is 0.0225. The lowest BCUT2D eigenvalue weighted by Crippen LogP contribution is -2.25. The van der Waals surface area contributed by atoms with Crippen molar-refractivity contribution in [3.63, 3.8) is 0 Å². The lowest BCUT2D eigenvalue weighted by Gasteiger charge is -2.17. The van der Waals surface area contributed by atoms with Crippen molar-refractivity contribution in [2.45, 2.75) is 12.8 Å². The van der Waals surface area contributed by atoms with Gasteiger partial charge in [-0.25, -0.2) is 8.78 Å². The number of amides is 1. The van der Waals surface area contributed by atoms with Crippen molar-refractivity contribution in [1.29, 1.82) is 0 Å². The lowest BCUT2D eigenvalue weighted by atomic mass is 9.99. The number of halogens is 2. The van der Waals surface area contributed by atoms with Crippen molar-refractivity contribution < 1.29 is 23.5 Å². The Bertz CT molecular complexity index is 774. The molecule has 0 spiro atoms. The molecule has 1 unspecified atom stereocenters. The van der Waals surface area contributed by atoms with Crippen LogP contribution in [0.5, 0.6) is 0 Å². The van der Waals surface area contributed by atoms with Gasteiger partial charge >= 0.3 is 5.97 Å². The zero-order valence-electron chi connectivity index (χ0n) is 12.7. The van der Waals surface area contributed by atoms with Crippen LogP contribution in [0.2, 0.25) is 0 Å². The number of rotatable bonds is 4. The van der Waals surface area contributed by atoms with Crippen LogP contribution in [0.3, 0.4) is 0 Å². The monoisotopic (exact) mass is 331 g/mol. The van der Waals surface area contributed by atoms with Gasteiger partial charge in [0.1, 0.15) is 0 Å². The minimum atomic E-state index is -2.57. The first kappa shape index (κ1) is 16.1. The van der Waals surface area contributed by atoms with Crippen LogP contribution in [0.4, 0.5) is 14.5 Å². The number of carboxylic acids is 1. The molecule has 0 bridgehead atoms. The van der Waals surface area contributed by atoms with Gasteiger partial charge in [-0.1, -0.05) is 36.4 Å². The van der Waals surface area contributed by atoms with Crippen molar-refractivity contribution >= 4 is 17.6 Å². The van der Waals surface area contributed by atoms with E-state index in [4.69, 9.17) is 5.11 Å². The maximum atomic E-state index is 13.1. The Morgan fingerprint density at radius 1 is 1.12 bits per heavy atom. The van der Waals surface area contributed by atoms with Crippen molar-refractivity contribution in [2.24, 2.45) is 5.92 Å². The highest BCUT2D eigenvalue weighted by molar-refractivity contribution is 5.99. The minimum Gasteiger partial charge on any atom is -0.481 e. The molecule has 1 N–H and O–H groups in total. The van der Waals surface area contributed by atoms with Crippen LogP contribution < -0.4 is 4.90 Å². The van der Waals surface area contributed by atoms with Gasteiger partial charge in [-0.15, -0.1) is 0 Å². The number of aliphatic carboxylic acids is 1. The smallest absolute Gasteiger partial charge is 0.308 e. The summed E-state index contributed by atoms with van der Waals surface area (Å²) in [5, 5.41) is 9.02. The summed E-state index contributed by atoms with van der Waals surface area (Å²) in [7, 11) is 0. The van der Waals surface area contributed by atoms with Gasteiger partial charge in [-0.2, -0.15) is 0 Å². The fourth-order valence-electron chi connectivity index (χ4n) is 2.89. The van der Waals surface area contributed by atoms with Crippen molar-refractivity contribution in [3.05, 3.63) is 54.1 Å². The summed E-state index contributed by atoms with van der Waals surface area (Å²) in [5.74, 6) is -1.95. The summed E-state index contributed by atoms with van der Waals surface area (Å²) in [5.41, 5.74) is 1.58. The predicted octanol–water partition coefficient (Wildman–Crippen LogP) is 3.73. The summed E-state index contributed by atoms with van der Waals surface area (Å²) in [4.78, 5) is 24.4. The van der Waals surface area contributed by atoms with Gasteiger partial charge in [0.05, 0.1) is 5.92 Å². The third kappa shape index (κ3) is 2.99. The molecular formula is C18H15F2NO3. The first-order chi connectivity index (χ1) is 11.5. The van der Waals surface area contributed by atoms with E-state index in [2.05, 4.69) is 0 Å². The van der Waals surface area contributed by atoms with Gasteiger partial charge in [-0.05, 0) is 23.3 Å². The number of benzene rings is 2. The first-order valence-corrected chi connectivity index (χ1v) is 7.48. The van der Waals surface area contributed by atoms with Crippen molar-refractivity contribution in [1.82, 2.24) is 0 Å². The van der Waals surface area contributed by atoms with Gasteiger partial charge in [0.15, 0.2) is 0 Å². The van der Waals surface area contributed by atoms with Crippen LogP contribution >= 0.6 is 0 Å². The highest BCUT2D eigenvalue weighted by Crippen LogP contribution is 2.33. The van der Waals surface area contributed by atoms with Gasteiger partial charge < -0.3 is 10.0 Å². The van der Waals surface area contributed by atoms with E-state index in [1.807, 2.05) is 0 Å². The van der Waals surface area contributed by atoms with E-state index in [1.165, 1.54) is 11.0 Å². The highest BCUT2D eigenvalue weighted by atomic mass is 19.3. The molecule has 1 aliphatic rings. The van der Waals surface area contributed by atoms with E-state index < -0.39 is 18.3 Å². The van der Waals surface area contributed by atoms with Gasteiger partial charge in [0.2, 0.25) is 5.91 Å². The molecule has 2 aromatic rings. The topological polar surface area (TPSA) is 57.6 Å². The fraction of sp³-hybridized carbons (Fsp3) is 0.222. The lowest BCUT2D eigenvalue weighted by molar-refractivity contribution is -0.141. The average molecular weight is 331 g/mol. The Hall–Kier alpha value is -2.76.